The maximum atomic E-state index is 12.5. The molecule has 1 atom stereocenters. The molecule has 94 valence electrons. The van der Waals surface area contributed by atoms with Gasteiger partial charge in [-0.1, -0.05) is 0 Å². The summed E-state index contributed by atoms with van der Waals surface area (Å²) in [4.78, 5) is 10.6. The molecule has 1 aliphatic rings. The van der Waals surface area contributed by atoms with Gasteiger partial charge >= 0.3 is 0 Å². The van der Waals surface area contributed by atoms with Crippen molar-refractivity contribution in [3.63, 3.8) is 0 Å². The zero-order chi connectivity index (χ0) is 12.8. The van der Waals surface area contributed by atoms with Gasteiger partial charge in [0.25, 0.3) is 0 Å². The van der Waals surface area contributed by atoms with E-state index >= 15 is 0 Å². The first-order chi connectivity index (χ1) is 8.00. The van der Waals surface area contributed by atoms with E-state index in [1.807, 2.05) is 0 Å². The van der Waals surface area contributed by atoms with Crippen LogP contribution in [0.1, 0.15) is 30.1 Å². The molecule has 1 saturated heterocycles. The van der Waals surface area contributed by atoms with Crippen LogP contribution in [0.4, 0.5) is 4.39 Å². The fourth-order valence-electron chi connectivity index (χ4n) is 1.42. The number of benzene rings is 1. The number of ether oxygens (including phenoxy) is 1. The van der Waals surface area contributed by atoms with Crippen molar-refractivity contribution in [3.8, 4) is 0 Å². The molecule has 1 unspecified atom stereocenters. The van der Waals surface area contributed by atoms with Gasteiger partial charge in [0.15, 0.2) is 0 Å². The Hall–Kier alpha value is -0.940. The minimum Gasteiger partial charge on any atom is -0.379 e. The smallest absolute Gasteiger partial charge is 0.249 e. The van der Waals surface area contributed by atoms with Crippen LogP contribution in [-0.4, -0.2) is 18.6 Å². The van der Waals surface area contributed by atoms with Gasteiger partial charge in [-0.15, -0.1) is 0 Å². The third kappa shape index (κ3) is 4.83. The van der Waals surface area contributed by atoms with E-state index in [-0.39, 0.29) is 5.56 Å². The van der Waals surface area contributed by atoms with Gasteiger partial charge < -0.3 is 10.5 Å². The molecule has 1 fully saturated rings. The van der Waals surface area contributed by atoms with Crippen molar-refractivity contribution in [2.24, 2.45) is 5.73 Å². The number of carbonyl (C=O) groups excluding carboxylic acids is 1. The normalized spacial score (nSPS) is 18.4. The van der Waals surface area contributed by atoms with Gasteiger partial charge in [0.1, 0.15) is 5.82 Å². The summed E-state index contributed by atoms with van der Waals surface area (Å²) in [5.41, 5.74) is 5.11. The molecular formula is C12H15BrFNO2. The number of carbonyl (C=O) groups is 1. The lowest BCUT2D eigenvalue weighted by molar-refractivity contribution is 0.0999. The molecule has 5 heteroatoms. The van der Waals surface area contributed by atoms with Gasteiger partial charge in [-0.25, -0.2) is 4.39 Å². The average molecular weight is 304 g/mol. The highest BCUT2D eigenvalue weighted by Gasteiger charge is 2.07. The van der Waals surface area contributed by atoms with Crippen LogP contribution in [0.15, 0.2) is 22.7 Å². The van der Waals surface area contributed by atoms with Crippen LogP contribution >= 0.6 is 15.9 Å². The van der Waals surface area contributed by atoms with E-state index in [0.717, 1.165) is 12.7 Å². The van der Waals surface area contributed by atoms with Gasteiger partial charge in [0.2, 0.25) is 5.91 Å². The monoisotopic (exact) mass is 303 g/mol. The highest BCUT2D eigenvalue weighted by Crippen LogP contribution is 2.16. The maximum Gasteiger partial charge on any atom is 0.249 e. The lowest BCUT2D eigenvalue weighted by Gasteiger charge is -1.97. The predicted octanol–water partition coefficient (Wildman–Crippen LogP) is 2.87. The van der Waals surface area contributed by atoms with Crippen molar-refractivity contribution in [1.82, 2.24) is 0 Å². The van der Waals surface area contributed by atoms with E-state index in [4.69, 9.17) is 10.5 Å². The maximum absolute atomic E-state index is 12.5. The Morgan fingerprint density at radius 2 is 2.29 bits per heavy atom. The first-order valence-corrected chi connectivity index (χ1v) is 6.16. The Labute approximate surface area is 108 Å². The second kappa shape index (κ2) is 6.71. The van der Waals surface area contributed by atoms with Crippen molar-refractivity contribution in [3.05, 3.63) is 34.1 Å². The molecular weight excluding hydrogens is 289 g/mol. The molecule has 1 amide bonds. The Bertz CT molecular complexity index is 392. The summed E-state index contributed by atoms with van der Waals surface area (Å²) in [7, 11) is 0. The predicted molar refractivity (Wildman–Crippen MR) is 67.3 cm³/mol. The molecule has 0 spiro atoms. The van der Waals surface area contributed by atoms with Gasteiger partial charge in [0, 0.05) is 11.1 Å². The zero-order valence-corrected chi connectivity index (χ0v) is 11.2. The summed E-state index contributed by atoms with van der Waals surface area (Å²) in [5, 5.41) is 0. The molecule has 2 rings (SSSR count). The van der Waals surface area contributed by atoms with Crippen LogP contribution in [0.5, 0.6) is 0 Å². The number of hydrogen-bond donors (Lipinski definition) is 1. The summed E-state index contributed by atoms with van der Waals surface area (Å²) >= 11 is 3.06. The summed E-state index contributed by atoms with van der Waals surface area (Å²) in [6.07, 6.45) is 3.08. The molecule has 1 aromatic carbocycles. The highest BCUT2D eigenvalue weighted by molar-refractivity contribution is 9.10. The van der Waals surface area contributed by atoms with E-state index < -0.39 is 11.7 Å². The van der Waals surface area contributed by atoms with Gasteiger partial charge in [0.05, 0.1) is 11.7 Å². The molecule has 1 heterocycles. The number of rotatable bonds is 1. The van der Waals surface area contributed by atoms with E-state index in [1.54, 1.807) is 0 Å². The number of hydrogen-bond acceptors (Lipinski definition) is 2. The molecule has 0 saturated carbocycles. The first-order valence-electron chi connectivity index (χ1n) is 5.37. The average Bonchev–Trinajstić information content (AvgIpc) is 2.73. The van der Waals surface area contributed by atoms with Crippen LogP contribution < -0.4 is 5.73 Å². The van der Waals surface area contributed by atoms with Gasteiger partial charge in [-0.05, 0) is 53.9 Å². The van der Waals surface area contributed by atoms with Crippen molar-refractivity contribution >= 4 is 21.8 Å². The molecule has 0 aliphatic carbocycles. The summed E-state index contributed by atoms with van der Waals surface area (Å²) in [6.45, 7) is 3.11. The third-order valence-corrected chi connectivity index (χ3v) is 3.04. The fourth-order valence-corrected chi connectivity index (χ4v) is 1.87. The van der Waals surface area contributed by atoms with Crippen molar-refractivity contribution in [1.29, 1.82) is 0 Å². The Balaban J connectivity index is 0.000000202. The van der Waals surface area contributed by atoms with E-state index in [9.17, 15) is 9.18 Å². The number of primary amides is 1. The second-order valence-corrected chi connectivity index (χ2v) is 4.67. The van der Waals surface area contributed by atoms with E-state index in [1.165, 1.54) is 25.0 Å². The third-order valence-electron chi connectivity index (χ3n) is 2.35. The van der Waals surface area contributed by atoms with Crippen molar-refractivity contribution in [2.45, 2.75) is 25.9 Å². The summed E-state index contributed by atoms with van der Waals surface area (Å²) in [5.74, 6) is -1.11. The second-order valence-electron chi connectivity index (χ2n) is 3.81. The molecule has 1 aliphatic heterocycles. The largest absolute Gasteiger partial charge is 0.379 e. The van der Waals surface area contributed by atoms with Crippen molar-refractivity contribution < 1.29 is 13.9 Å². The molecule has 2 N–H and O–H groups in total. The minimum absolute atomic E-state index is 0.157. The number of halogens is 2. The quantitative estimate of drug-likeness (QED) is 0.867. The van der Waals surface area contributed by atoms with Crippen LogP contribution in [0.3, 0.4) is 0 Å². The Kier molecular flexibility index (Phi) is 5.58. The molecule has 0 radical (unpaired) electrons. The van der Waals surface area contributed by atoms with Crippen molar-refractivity contribution in [2.75, 3.05) is 6.61 Å². The summed E-state index contributed by atoms with van der Waals surface area (Å²) < 4.78 is 18.1. The van der Waals surface area contributed by atoms with Gasteiger partial charge in [-0.2, -0.15) is 0 Å². The molecule has 1 aromatic rings. The lowest BCUT2D eigenvalue weighted by Crippen LogP contribution is -2.11. The van der Waals surface area contributed by atoms with Gasteiger partial charge in [-0.3, -0.25) is 4.79 Å². The molecule has 0 bridgehead atoms. The minimum atomic E-state index is -0.642. The molecule has 17 heavy (non-hydrogen) atoms. The zero-order valence-electron chi connectivity index (χ0n) is 9.58. The standard InChI is InChI=1S/C7H5BrFNO.C5H10O/c8-6-2-1-4(9)3-5(6)7(10)11;1-5-3-2-4-6-5/h1-3H,(H2,10,11);5H,2-4H2,1H3. The first kappa shape index (κ1) is 14.1. The van der Waals surface area contributed by atoms with Crippen LogP contribution in [0, 0.1) is 5.82 Å². The van der Waals surface area contributed by atoms with E-state index in [2.05, 4.69) is 22.9 Å². The Morgan fingerprint density at radius 3 is 2.65 bits per heavy atom. The highest BCUT2D eigenvalue weighted by atomic mass is 79.9. The molecule has 0 aromatic heterocycles. The molecule has 3 nitrogen and oxygen atoms in total. The van der Waals surface area contributed by atoms with Crippen LogP contribution in [0.25, 0.3) is 0 Å². The topological polar surface area (TPSA) is 52.3 Å². The number of nitrogens with two attached hydrogens (primary N) is 1. The fraction of sp³-hybridized carbons (Fsp3) is 0.417. The summed E-state index contributed by atoms with van der Waals surface area (Å²) in [6, 6.07) is 3.78. The van der Waals surface area contributed by atoms with E-state index in [0.29, 0.717) is 10.6 Å². The SMILES string of the molecule is CC1CCCO1.NC(=O)c1cc(F)ccc1Br. The van der Waals surface area contributed by atoms with Crippen LogP contribution in [0.2, 0.25) is 0 Å². The Morgan fingerprint density at radius 1 is 1.59 bits per heavy atom. The van der Waals surface area contributed by atoms with Crippen LogP contribution in [-0.2, 0) is 4.74 Å². The number of amides is 1. The lowest BCUT2D eigenvalue weighted by atomic mass is 10.2.